The van der Waals surface area contributed by atoms with Crippen LogP contribution in [0.25, 0.3) is 0 Å². The Morgan fingerprint density at radius 1 is 1.44 bits per heavy atom. The Bertz CT molecular complexity index is 502. The summed E-state index contributed by atoms with van der Waals surface area (Å²) in [5, 5.41) is 8.80. The summed E-state index contributed by atoms with van der Waals surface area (Å²) >= 11 is 3.01. The number of halogens is 2. The lowest BCUT2D eigenvalue weighted by molar-refractivity contribution is -0.137. The Hall–Kier alpha value is -1.43. The highest BCUT2D eigenvalue weighted by atomic mass is 79.9. The molecule has 4 nitrogen and oxygen atoms in total. The summed E-state index contributed by atoms with van der Waals surface area (Å²) in [6, 6.07) is 4.11. The van der Waals surface area contributed by atoms with Gasteiger partial charge in [0.05, 0.1) is 10.0 Å². The lowest BCUT2D eigenvalue weighted by atomic mass is 10.2. The first kappa shape index (κ1) is 13.0. The molecule has 1 amide bonds. The second-order valence-corrected chi connectivity index (χ2v) is 4.95. The molecule has 0 bridgehead atoms. The van der Waals surface area contributed by atoms with E-state index in [9.17, 15) is 14.0 Å². The zero-order valence-corrected chi connectivity index (χ0v) is 11.0. The number of carboxylic acids is 1. The van der Waals surface area contributed by atoms with Gasteiger partial charge in [-0.2, -0.15) is 0 Å². The molecule has 0 spiro atoms. The van der Waals surface area contributed by atoms with Gasteiger partial charge < -0.3 is 10.0 Å². The van der Waals surface area contributed by atoms with Crippen molar-refractivity contribution in [3.8, 4) is 0 Å². The minimum absolute atomic E-state index is 0.0382. The number of carboxylic acid groups (broad SMARTS) is 1. The second-order valence-electron chi connectivity index (χ2n) is 4.16. The third kappa shape index (κ3) is 2.69. The van der Waals surface area contributed by atoms with Gasteiger partial charge in [-0.25, -0.2) is 4.39 Å². The van der Waals surface area contributed by atoms with Crippen LogP contribution in [0, 0.1) is 5.82 Å². The van der Waals surface area contributed by atoms with Gasteiger partial charge in [0.1, 0.15) is 12.4 Å². The molecule has 0 aliphatic heterocycles. The zero-order chi connectivity index (χ0) is 13.3. The van der Waals surface area contributed by atoms with E-state index in [4.69, 9.17) is 5.11 Å². The van der Waals surface area contributed by atoms with Gasteiger partial charge in [-0.15, -0.1) is 0 Å². The Labute approximate surface area is 112 Å². The topological polar surface area (TPSA) is 57.6 Å². The Balaban J connectivity index is 2.27. The van der Waals surface area contributed by atoms with Crippen molar-refractivity contribution in [3.63, 3.8) is 0 Å². The highest BCUT2D eigenvalue weighted by molar-refractivity contribution is 9.10. The van der Waals surface area contributed by atoms with Crippen LogP contribution in [0.1, 0.15) is 23.2 Å². The van der Waals surface area contributed by atoms with Crippen molar-refractivity contribution in [3.05, 3.63) is 34.1 Å². The van der Waals surface area contributed by atoms with E-state index in [0.717, 1.165) is 12.8 Å². The van der Waals surface area contributed by atoms with Crippen LogP contribution in [0.15, 0.2) is 22.7 Å². The lowest BCUT2D eigenvalue weighted by Crippen LogP contribution is -2.37. The summed E-state index contributed by atoms with van der Waals surface area (Å²) in [6.07, 6.45) is 1.60. The number of benzene rings is 1. The number of hydrogen-bond acceptors (Lipinski definition) is 2. The van der Waals surface area contributed by atoms with Crippen molar-refractivity contribution in [1.29, 1.82) is 0 Å². The monoisotopic (exact) mass is 315 g/mol. The maximum atomic E-state index is 13.3. The van der Waals surface area contributed by atoms with E-state index in [2.05, 4.69) is 15.9 Å². The van der Waals surface area contributed by atoms with Crippen LogP contribution < -0.4 is 0 Å². The number of aliphatic carboxylic acids is 1. The van der Waals surface area contributed by atoms with Crippen molar-refractivity contribution in [2.45, 2.75) is 18.9 Å². The summed E-state index contributed by atoms with van der Waals surface area (Å²) in [6.45, 7) is -0.355. The Morgan fingerprint density at radius 2 is 2.11 bits per heavy atom. The van der Waals surface area contributed by atoms with E-state index in [1.54, 1.807) is 0 Å². The minimum Gasteiger partial charge on any atom is -0.480 e. The van der Waals surface area contributed by atoms with Gasteiger partial charge in [0.15, 0.2) is 0 Å². The second kappa shape index (κ2) is 5.06. The number of hydrogen-bond donors (Lipinski definition) is 1. The SMILES string of the molecule is O=C(O)CN(C(=O)c1cccc(F)c1Br)C1CC1. The molecule has 6 heteroatoms. The maximum Gasteiger partial charge on any atom is 0.323 e. The first-order chi connectivity index (χ1) is 8.50. The van der Waals surface area contributed by atoms with Gasteiger partial charge in [0, 0.05) is 6.04 Å². The molecule has 0 heterocycles. The fourth-order valence-electron chi connectivity index (χ4n) is 1.72. The number of carbonyl (C=O) groups is 2. The molecule has 1 aromatic carbocycles. The molecule has 0 aromatic heterocycles. The van der Waals surface area contributed by atoms with Crippen LogP contribution in [0.5, 0.6) is 0 Å². The van der Waals surface area contributed by atoms with Crippen LogP contribution in [0.2, 0.25) is 0 Å². The van der Waals surface area contributed by atoms with E-state index in [1.165, 1.54) is 23.1 Å². The molecule has 0 saturated heterocycles. The van der Waals surface area contributed by atoms with Gasteiger partial charge in [-0.1, -0.05) is 6.07 Å². The fourth-order valence-corrected chi connectivity index (χ4v) is 2.16. The molecule has 96 valence electrons. The quantitative estimate of drug-likeness (QED) is 0.927. The van der Waals surface area contributed by atoms with Crippen molar-refractivity contribution in [1.82, 2.24) is 4.90 Å². The van der Waals surface area contributed by atoms with Crippen LogP contribution in [0.3, 0.4) is 0 Å². The fraction of sp³-hybridized carbons (Fsp3) is 0.333. The summed E-state index contributed by atoms with van der Waals surface area (Å²) in [5.74, 6) is -2.05. The number of carbonyl (C=O) groups excluding carboxylic acids is 1. The lowest BCUT2D eigenvalue weighted by Gasteiger charge is -2.20. The molecule has 18 heavy (non-hydrogen) atoms. The minimum atomic E-state index is -1.07. The van der Waals surface area contributed by atoms with E-state index >= 15 is 0 Å². The zero-order valence-electron chi connectivity index (χ0n) is 9.40. The number of nitrogens with zero attached hydrogens (tertiary/aromatic N) is 1. The van der Waals surface area contributed by atoms with Crippen molar-refractivity contribution >= 4 is 27.8 Å². The van der Waals surface area contributed by atoms with Crippen LogP contribution in [0.4, 0.5) is 4.39 Å². The largest absolute Gasteiger partial charge is 0.480 e. The summed E-state index contributed by atoms with van der Waals surface area (Å²) in [4.78, 5) is 24.2. The molecular formula is C12H11BrFNO3. The maximum absolute atomic E-state index is 13.3. The first-order valence-electron chi connectivity index (χ1n) is 5.47. The highest BCUT2D eigenvalue weighted by Crippen LogP contribution is 2.30. The summed E-state index contributed by atoms with van der Waals surface area (Å²) in [5.41, 5.74) is 0.156. The summed E-state index contributed by atoms with van der Waals surface area (Å²) in [7, 11) is 0. The van der Waals surface area contributed by atoms with E-state index in [-0.39, 0.29) is 22.6 Å². The Kier molecular flexibility index (Phi) is 3.65. The molecule has 2 rings (SSSR count). The third-order valence-corrected chi connectivity index (χ3v) is 3.54. The smallest absolute Gasteiger partial charge is 0.323 e. The van der Waals surface area contributed by atoms with Gasteiger partial charge in [-0.05, 0) is 40.9 Å². The van der Waals surface area contributed by atoms with Crippen molar-refractivity contribution in [2.24, 2.45) is 0 Å². The van der Waals surface area contributed by atoms with E-state index < -0.39 is 17.7 Å². The average Bonchev–Trinajstić information content (AvgIpc) is 3.12. The Morgan fingerprint density at radius 3 is 2.67 bits per heavy atom. The molecule has 0 radical (unpaired) electrons. The average molecular weight is 316 g/mol. The standard InChI is InChI=1S/C12H11BrFNO3/c13-11-8(2-1-3-9(11)14)12(18)15(6-10(16)17)7-4-5-7/h1-3,7H,4-6H2,(H,16,17). The number of amides is 1. The van der Waals surface area contributed by atoms with E-state index in [0.29, 0.717) is 0 Å². The van der Waals surface area contributed by atoms with Crippen LogP contribution in [-0.4, -0.2) is 34.5 Å². The van der Waals surface area contributed by atoms with E-state index in [1.807, 2.05) is 0 Å². The molecule has 1 fully saturated rings. The van der Waals surface area contributed by atoms with Gasteiger partial charge in [-0.3, -0.25) is 9.59 Å². The molecular weight excluding hydrogens is 305 g/mol. The van der Waals surface area contributed by atoms with Gasteiger partial charge >= 0.3 is 5.97 Å². The molecule has 1 aliphatic carbocycles. The molecule has 1 aliphatic rings. The van der Waals surface area contributed by atoms with Crippen LogP contribution in [-0.2, 0) is 4.79 Å². The van der Waals surface area contributed by atoms with Crippen molar-refractivity contribution < 1.29 is 19.1 Å². The van der Waals surface area contributed by atoms with Gasteiger partial charge in [0.25, 0.3) is 5.91 Å². The van der Waals surface area contributed by atoms with Crippen LogP contribution >= 0.6 is 15.9 Å². The normalized spacial score (nSPS) is 14.3. The molecule has 0 atom stereocenters. The third-order valence-electron chi connectivity index (χ3n) is 2.74. The predicted octanol–water partition coefficient (Wildman–Crippen LogP) is 2.28. The predicted molar refractivity (Wildman–Crippen MR) is 65.8 cm³/mol. The molecule has 1 N–H and O–H groups in total. The summed E-state index contributed by atoms with van der Waals surface area (Å²) < 4.78 is 13.4. The van der Waals surface area contributed by atoms with Crippen molar-refractivity contribution in [2.75, 3.05) is 6.54 Å². The first-order valence-corrected chi connectivity index (χ1v) is 6.26. The molecule has 1 saturated carbocycles. The van der Waals surface area contributed by atoms with Gasteiger partial charge in [0.2, 0.25) is 0 Å². The highest BCUT2D eigenvalue weighted by Gasteiger charge is 2.35. The molecule has 1 aromatic rings. The number of rotatable bonds is 4. The molecule has 0 unspecified atom stereocenters.